The van der Waals surface area contributed by atoms with Crippen LogP contribution in [0, 0.1) is 5.92 Å². The SMILES string of the molecule is O=C(NCCc1ccc2c(c1)OCCO2)C1CCCC1. The minimum atomic E-state index is 0.222. The lowest BCUT2D eigenvalue weighted by Gasteiger charge is -2.19. The topological polar surface area (TPSA) is 47.6 Å². The van der Waals surface area contributed by atoms with Gasteiger partial charge in [-0.3, -0.25) is 4.79 Å². The van der Waals surface area contributed by atoms with Crippen molar-refractivity contribution >= 4 is 5.91 Å². The molecule has 108 valence electrons. The quantitative estimate of drug-likeness (QED) is 0.917. The number of hydrogen-bond donors (Lipinski definition) is 1. The molecule has 1 aromatic rings. The van der Waals surface area contributed by atoms with Gasteiger partial charge in [0.1, 0.15) is 13.2 Å². The van der Waals surface area contributed by atoms with Gasteiger partial charge in [0.25, 0.3) is 0 Å². The van der Waals surface area contributed by atoms with Gasteiger partial charge in [-0.25, -0.2) is 0 Å². The summed E-state index contributed by atoms with van der Waals surface area (Å²) >= 11 is 0. The van der Waals surface area contributed by atoms with Gasteiger partial charge in [0.2, 0.25) is 5.91 Å². The van der Waals surface area contributed by atoms with Crippen molar-refractivity contribution in [2.75, 3.05) is 19.8 Å². The minimum absolute atomic E-state index is 0.222. The van der Waals surface area contributed by atoms with Gasteiger partial charge in [-0.2, -0.15) is 0 Å². The van der Waals surface area contributed by atoms with Crippen molar-refractivity contribution in [3.05, 3.63) is 23.8 Å². The summed E-state index contributed by atoms with van der Waals surface area (Å²) in [6, 6.07) is 5.99. The van der Waals surface area contributed by atoms with Crippen LogP contribution >= 0.6 is 0 Å². The first-order valence-electron chi connectivity index (χ1n) is 7.49. The molecule has 0 atom stereocenters. The van der Waals surface area contributed by atoms with Crippen molar-refractivity contribution in [2.45, 2.75) is 32.1 Å². The zero-order chi connectivity index (χ0) is 13.8. The van der Waals surface area contributed by atoms with Gasteiger partial charge in [-0.05, 0) is 37.0 Å². The van der Waals surface area contributed by atoms with Crippen LogP contribution in [0.15, 0.2) is 18.2 Å². The normalized spacial score (nSPS) is 18.0. The second-order valence-electron chi connectivity index (χ2n) is 5.50. The lowest BCUT2D eigenvalue weighted by Crippen LogP contribution is -2.30. The standard InChI is InChI=1S/C16H21NO3/c18-16(13-3-1-2-4-13)17-8-7-12-5-6-14-15(11-12)20-10-9-19-14/h5-6,11,13H,1-4,7-10H2,(H,17,18). The number of carbonyl (C=O) groups is 1. The molecule has 1 saturated carbocycles. The molecule has 3 rings (SSSR count). The largest absolute Gasteiger partial charge is 0.486 e. The molecule has 1 heterocycles. The molecule has 0 unspecified atom stereocenters. The highest BCUT2D eigenvalue weighted by molar-refractivity contribution is 5.78. The Morgan fingerprint density at radius 1 is 1.15 bits per heavy atom. The van der Waals surface area contributed by atoms with E-state index in [2.05, 4.69) is 5.32 Å². The Balaban J connectivity index is 1.49. The van der Waals surface area contributed by atoms with Crippen LogP contribution in [0.3, 0.4) is 0 Å². The number of nitrogens with one attached hydrogen (secondary N) is 1. The summed E-state index contributed by atoms with van der Waals surface area (Å²) in [6.07, 6.45) is 5.32. The van der Waals surface area contributed by atoms with E-state index in [0.29, 0.717) is 19.8 Å². The average molecular weight is 275 g/mol. The third-order valence-electron chi connectivity index (χ3n) is 4.05. The molecule has 1 N–H and O–H groups in total. The van der Waals surface area contributed by atoms with Crippen molar-refractivity contribution in [1.29, 1.82) is 0 Å². The highest BCUT2D eigenvalue weighted by Crippen LogP contribution is 2.30. The number of ether oxygens (including phenoxy) is 2. The number of carbonyl (C=O) groups excluding carboxylic acids is 1. The van der Waals surface area contributed by atoms with Gasteiger partial charge in [0, 0.05) is 12.5 Å². The highest BCUT2D eigenvalue weighted by atomic mass is 16.6. The Labute approximate surface area is 119 Å². The van der Waals surface area contributed by atoms with E-state index in [1.807, 2.05) is 18.2 Å². The van der Waals surface area contributed by atoms with E-state index in [-0.39, 0.29) is 11.8 Å². The molecular formula is C16H21NO3. The number of fused-ring (bicyclic) bond motifs is 1. The number of amides is 1. The summed E-state index contributed by atoms with van der Waals surface area (Å²) in [6.45, 7) is 1.91. The second-order valence-corrected chi connectivity index (χ2v) is 5.50. The van der Waals surface area contributed by atoms with Gasteiger partial charge < -0.3 is 14.8 Å². The molecule has 1 amide bonds. The molecule has 1 aromatic carbocycles. The number of benzene rings is 1. The molecule has 2 aliphatic rings. The molecule has 4 nitrogen and oxygen atoms in total. The minimum Gasteiger partial charge on any atom is -0.486 e. The van der Waals surface area contributed by atoms with Crippen LogP contribution in [0.1, 0.15) is 31.2 Å². The lowest BCUT2D eigenvalue weighted by molar-refractivity contribution is -0.124. The average Bonchev–Trinajstić information content (AvgIpc) is 3.01. The number of hydrogen-bond acceptors (Lipinski definition) is 3. The summed E-state index contributed by atoms with van der Waals surface area (Å²) in [4.78, 5) is 11.9. The Kier molecular flexibility index (Phi) is 4.09. The summed E-state index contributed by atoms with van der Waals surface area (Å²) < 4.78 is 11.1. The van der Waals surface area contributed by atoms with E-state index in [9.17, 15) is 4.79 Å². The van der Waals surface area contributed by atoms with Crippen LogP contribution in [0.5, 0.6) is 11.5 Å². The van der Waals surface area contributed by atoms with Gasteiger partial charge in [0.05, 0.1) is 0 Å². The maximum Gasteiger partial charge on any atom is 0.223 e. The van der Waals surface area contributed by atoms with E-state index in [4.69, 9.17) is 9.47 Å². The Morgan fingerprint density at radius 3 is 2.70 bits per heavy atom. The van der Waals surface area contributed by atoms with Crippen LogP contribution in [0.2, 0.25) is 0 Å². The maximum atomic E-state index is 11.9. The molecule has 4 heteroatoms. The second kappa shape index (κ2) is 6.16. The lowest BCUT2D eigenvalue weighted by atomic mass is 10.1. The molecule has 1 fully saturated rings. The predicted octanol–water partition coefficient (Wildman–Crippen LogP) is 2.31. The maximum absolute atomic E-state index is 11.9. The fraction of sp³-hybridized carbons (Fsp3) is 0.562. The molecular weight excluding hydrogens is 254 g/mol. The van der Waals surface area contributed by atoms with Crippen LogP contribution in [-0.4, -0.2) is 25.7 Å². The fourth-order valence-corrected chi connectivity index (χ4v) is 2.91. The van der Waals surface area contributed by atoms with Crippen LogP contribution in [0.25, 0.3) is 0 Å². The summed E-state index contributed by atoms with van der Waals surface area (Å²) in [7, 11) is 0. The molecule has 1 aliphatic heterocycles. The van der Waals surface area contributed by atoms with E-state index >= 15 is 0 Å². The van der Waals surface area contributed by atoms with Crippen LogP contribution in [0.4, 0.5) is 0 Å². The van der Waals surface area contributed by atoms with E-state index in [1.165, 1.54) is 18.4 Å². The molecule has 0 radical (unpaired) electrons. The van der Waals surface area contributed by atoms with Gasteiger partial charge >= 0.3 is 0 Å². The molecule has 20 heavy (non-hydrogen) atoms. The first kappa shape index (κ1) is 13.3. The molecule has 0 saturated heterocycles. The fourth-order valence-electron chi connectivity index (χ4n) is 2.91. The smallest absolute Gasteiger partial charge is 0.223 e. The van der Waals surface area contributed by atoms with Crippen molar-refractivity contribution in [3.63, 3.8) is 0 Å². The van der Waals surface area contributed by atoms with Crippen molar-refractivity contribution < 1.29 is 14.3 Å². The zero-order valence-electron chi connectivity index (χ0n) is 11.7. The van der Waals surface area contributed by atoms with Crippen molar-refractivity contribution in [1.82, 2.24) is 5.32 Å². The molecule has 1 aliphatic carbocycles. The first-order chi connectivity index (χ1) is 9.83. The van der Waals surface area contributed by atoms with Crippen molar-refractivity contribution in [2.24, 2.45) is 5.92 Å². The molecule has 0 bridgehead atoms. The van der Waals surface area contributed by atoms with Crippen molar-refractivity contribution in [3.8, 4) is 11.5 Å². The first-order valence-corrected chi connectivity index (χ1v) is 7.49. The molecule has 0 spiro atoms. The van der Waals surface area contributed by atoms with Gasteiger partial charge in [-0.15, -0.1) is 0 Å². The highest BCUT2D eigenvalue weighted by Gasteiger charge is 2.22. The Hall–Kier alpha value is -1.71. The monoisotopic (exact) mass is 275 g/mol. The van der Waals surface area contributed by atoms with E-state index in [1.54, 1.807) is 0 Å². The van der Waals surface area contributed by atoms with E-state index in [0.717, 1.165) is 30.8 Å². The Morgan fingerprint density at radius 2 is 1.90 bits per heavy atom. The Bertz CT molecular complexity index is 481. The van der Waals surface area contributed by atoms with Crippen LogP contribution < -0.4 is 14.8 Å². The third kappa shape index (κ3) is 3.06. The third-order valence-corrected chi connectivity index (χ3v) is 4.05. The molecule has 0 aromatic heterocycles. The van der Waals surface area contributed by atoms with Gasteiger partial charge in [-0.1, -0.05) is 18.9 Å². The summed E-state index contributed by atoms with van der Waals surface area (Å²) in [5.41, 5.74) is 1.17. The number of rotatable bonds is 4. The summed E-state index contributed by atoms with van der Waals surface area (Å²) in [5, 5.41) is 3.04. The summed E-state index contributed by atoms with van der Waals surface area (Å²) in [5.74, 6) is 2.10. The van der Waals surface area contributed by atoms with E-state index < -0.39 is 0 Å². The van der Waals surface area contributed by atoms with Crippen LogP contribution in [-0.2, 0) is 11.2 Å². The predicted molar refractivity (Wildman–Crippen MR) is 76.1 cm³/mol. The van der Waals surface area contributed by atoms with Gasteiger partial charge in [0.15, 0.2) is 11.5 Å². The zero-order valence-corrected chi connectivity index (χ0v) is 11.7.